The maximum atomic E-state index is 12.7. The molecule has 3 rings (SSSR count). The van der Waals surface area contributed by atoms with Gasteiger partial charge in [0.1, 0.15) is 6.04 Å². The summed E-state index contributed by atoms with van der Waals surface area (Å²) in [5.41, 5.74) is 2.47. The highest BCUT2D eigenvalue weighted by Crippen LogP contribution is 2.21. The molecule has 6 nitrogen and oxygen atoms in total. The molecule has 2 aromatic carbocycles. The number of nitrogens with zero attached hydrogens (tertiary/aromatic N) is 2. The minimum absolute atomic E-state index is 0.148. The molecule has 0 aliphatic rings. The number of ether oxygens (including phenoxy) is 1. The third-order valence-electron chi connectivity index (χ3n) is 4.40. The lowest BCUT2D eigenvalue weighted by Gasteiger charge is -2.15. The van der Waals surface area contributed by atoms with Crippen LogP contribution in [0.3, 0.4) is 0 Å². The lowest BCUT2D eigenvalue weighted by molar-refractivity contribution is -0.124. The van der Waals surface area contributed by atoms with Crippen LogP contribution >= 0.6 is 11.3 Å². The number of thiazole rings is 1. The highest BCUT2D eigenvalue weighted by Gasteiger charge is 2.19. The van der Waals surface area contributed by atoms with E-state index in [1.807, 2.05) is 47.9 Å². The van der Waals surface area contributed by atoms with Gasteiger partial charge in [-0.2, -0.15) is 4.99 Å². The van der Waals surface area contributed by atoms with Crippen molar-refractivity contribution >= 4 is 33.4 Å². The van der Waals surface area contributed by atoms with E-state index in [0.29, 0.717) is 23.5 Å². The van der Waals surface area contributed by atoms with E-state index < -0.39 is 6.04 Å². The van der Waals surface area contributed by atoms with Crippen molar-refractivity contribution in [1.82, 2.24) is 9.88 Å². The van der Waals surface area contributed by atoms with Crippen LogP contribution in [0.1, 0.15) is 28.9 Å². The van der Waals surface area contributed by atoms with Crippen molar-refractivity contribution in [3.8, 4) is 0 Å². The molecule has 3 aromatic rings. The predicted molar refractivity (Wildman–Crippen MR) is 110 cm³/mol. The molecule has 0 bridgehead atoms. The molecule has 2 amide bonds. The molecular formula is C21H23N3O3S. The van der Waals surface area contributed by atoms with Gasteiger partial charge in [-0.15, -0.1) is 0 Å². The first-order chi connectivity index (χ1) is 13.5. The monoisotopic (exact) mass is 397 g/mol. The number of hydrogen-bond donors (Lipinski definition) is 1. The van der Waals surface area contributed by atoms with Crippen molar-refractivity contribution in [3.05, 3.63) is 64.5 Å². The van der Waals surface area contributed by atoms with Gasteiger partial charge in [0.15, 0.2) is 4.80 Å². The topological polar surface area (TPSA) is 72.7 Å². The molecule has 1 atom stereocenters. The number of hydrogen-bond acceptors (Lipinski definition) is 4. The van der Waals surface area contributed by atoms with Gasteiger partial charge in [-0.3, -0.25) is 9.59 Å². The van der Waals surface area contributed by atoms with E-state index in [2.05, 4.69) is 10.3 Å². The zero-order valence-electron chi connectivity index (χ0n) is 16.1. The molecule has 0 saturated carbocycles. The average Bonchev–Trinajstić information content (AvgIpc) is 3.05. The minimum Gasteiger partial charge on any atom is -0.383 e. The Morgan fingerprint density at radius 3 is 2.61 bits per heavy atom. The van der Waals surface area contributed by atoms with Crippen molar-refractivity contribution in [3.63, 3.8) is 0 Å². The Balaban J connectivity index is 2.02. The molecule has 0 unspecified atom stereocenters. The third kappa shape index (κ3) is 4.37. The molecular weight excluding hydrogens is 374 g/mol. The van der Waals surface area contributed by atoms with E-state index in [1.165, 1.54) is 11.3 Å². The fourth-order valence-electron chi connectivity index (χ4n) is 2.83. The summed E-state index contributed by atoms with van der Waals surface area (Å²) in [6, 6.07) is 14.5. The number of benzene rings is 2. The number of methoxy groups -OCH3 is 1. The Bertz CT molecular complexity index is 1050. The van der Waals surface area contributed by atoms with Crippen LogP contribution in [0.15, 0.2) is 53.5 Å². The molecule has 1 N–H and O–H groups in total. The van der Waals surface area contributed by atoms with E-state index in [-0.39, 0.29) is 11.8 Å². The molecule has 0 saturated heterocycles. The summed E-state index contributed by atoms with van der Waals surface area (Å²) < 4.78 is 7.76. The molecule has 0 spiro atoms. The minimum atomic E-state index is -0.516. The summed E-state index contributed by atoms with van der Waals surface area (Å²) in [7, 11) is 1.59. The number of carbonyl (C=O) groups excluding carboxylic acids is 2. The maximum Gasteiger partial charge on any atom is 0.279 e. The maximum absolute atomic E-state index is 12.7. The first kappa shape index (κ1) is 20.0. The number of nitrogens with one attached hydrogen (secondary N) is 1. The number of aromatic nitrogens is 1. The van der Waals surface area contributed by atoms with E-state index in [1.54, 1.807) is 26.2 Å². The van der Waals surface area contributed by atoms with Crippen LogP contribution < -0.4 is 10.1 Å². The molecule has 7 heteroatoms. The highest BCUT2D eigenvalue weighted by molar-refractivity contribution is 7.16. The van der Waals surface area contributed by atoms with Gasteiger partial charge in [0.05, 0.1) is 16.8 Å². The van der Waals surface area contributed by atoms with Crippen molar-refractivity contribution in [2.45, 2.75) is 19.9 Å². The van der Waals surface area contributed by atoms with Crippen molar-refractivity contribution in [2.75, 3.05) is 20.3 Å². The number of fused-ring (bicyclic) bond motifs is 1. The number of para-hydroxylation sites is 1. The second kappa shape index (κ2) is 8.95. The van der Waals surface area contributed by atoms with Crippen molar-refractivity contribution < 1.29 is 14.3 Å². The zero-order valence-corrected chi connectivity index (χ0v) is 17.0. The highest BCUT2D eigenvalue weighted by atomic mass is 32.1. The Kier molecular flexibility index (Phi) is 6.38. The summed E-state index contributed by atoms with van der Waals surface area (Å²) in [4.78, 5) is 30.1. The third-order valence-corrected chi connectivity index (χ3v) is 5.44. The van der Waals surface area contributed by atoms with Gasteiger partial charge in [0.2, 0.25) is 5.91 Å². The Morgan fingerprint density at radius 1 is 1.18 bits per heavy atom. The quantitative estimate of drug-likeness (QED) is 0.650. The van der Waals surface area contributed by atoms with Gasteiger partial charge >= 0.3 is 0 Å². The molecule has 1 aromatic heterocycles. The average molecular weight is 398 g/mol. The van der Waals surface area contributed by atoms with E-state index in [9.17, 15) is 9.59 Å². The Labute approximate surface area is 167 Å². The Hall–Kier alpha value is -2.77. The summed E-state index contributed by atoms with van der Waals surface area (Å²) in [5.74, 6) is -0.475. The van der Waals surface area contributed by atoms with Crippen LogP contribution in [0.5, 0.6) is 0 Å². The summed E-state index contributed by atoms with van der Waals surface area (Å²) in [5, 5.41) is 2.85. The largest absolute Gasteiger partial charge is 0.383 e. The molecule has 28 heavy (non-hydrogen) atoms. The SMILES string of the molecule is COCCNC(=O)[C@@H](C)n1c(=NC(=O)c2ccc(C)cc2)sc2ccccc21. The predicted octanol–water partition coefficient (Wildman–Crippen LogP) is 3.08. The number of rotatable bonds is 6. The van der Waals surface area contributed by atoms with Gasteiger partial charge in [0, 0.05) is 19.2 Å². The summed E-state index contributed by atoms with van der Waals surface area (Å²) in [6.45, 7) is 4.64. The molecule has 1 heterocycles. The molecule has 146 valence electrons. The van der Waals surface area contributed by atoms with E-state index in [0.717, 1.165) is 15.8 Å². The second-order valence-electron chi connectivity index (χ2n) is 6.47. The lowest BCUT2D eigenvalue weighted by atomic mass is 10.1. The summed E-state index contributed by atoms with van der Waals surface area (Å²) in [6.07, 6.45) is 0. The normalized spacial score (nSPS) is 12.9. The molecule has 0 radical (unpaired) electrons. The van der Waals surface area contributed by atoms with Crippen LogP contribution in [-0.2, 0) is 9.53 Å². The van der Waals surface area contributed by atoms with Crippen LogP contribution in [0.4, 0.5) is 0 Å². The van der Waals surface area contributed by atoms with Crippen molar-refractivity contribution in [1.29, 1.82) is 0 Å². The van der Waals surface area contributed by atoms with Gasteiger partial charge in [-0.05, 0) is 38.1 Å². The standard InChI is InChI=1S/C21H23N3O3S/c1-14-8-10-16(11-9-14)20(26)23-21-24(15(2)19(25)22-12-13-27-3)17-6-4-5-7-18(17)28-21/h4-11,15H,12-13H2,1-3H3,(H,22,25)/t15-/m1/s1. The number of carbonyl (C=O) groups is 2. The second-order valence-corrected chi connectivity index (χ2v) is 7.47. The summed E-state index contributed by atoms with van der Waals surface area (Å²) >= 11 is 1.39. The van der Waals surface area contributed by atoms with Crippen LogP contribution in [0, 0.1) is 6.92 Å². The van der Waals surface area contributed by atoms with Gasteiger partial charge in [-0.25, -0.2) is 0 Å². The van der Waals surface area contributed by atoms with Gasteiger partial charge < -0.3 is 14.6 Å². The van der Waals surface area contributed by atoms with Gasteiger partial charge in [0.25, 0.3) is 5.91 Å². The van der Waals surface area contributed by atoms with E-state index >= 15 is 0 Å². The smallest absolute Gasteiger partial charge is 0.279 e. The zero-order chi connectivity index (χ0) is 20.1. The van der Waals surface area contributed by atoms with Gasteiger partial charge in [-0.1, -0.05) is 41.2 Å². The Morgan fingerprint density at radius 2 is 1.89 bits per heavy atom. The molecule has 0 aliphatic carbocycles. The number of aryl methyl sites for hydroxylation is 1. The number of amides is 2. The first-order valence-electron chi connectivity index (χ1n) is 9.03. The van der Waals surface area contributed by atoms with Crippen molar-refractivity contribution in [2.24, 2.45) is 4.99 Å². The molecule has 0 aliphatic heterocycles. The van der Waals surface area contributed by atoms with E-state index in [4.69, 9.17) is 4.74 Å². The van der Waals surface area contributed by atoms with Crippen LogP contribution in [0.25, 0.3) is 10.2 Å². The first-order valence-corrected chi connectivity index (χ1v) is 9.85. The molecule has 0 fully saturated rings. The fraction of sp³-hybridized carbons (Fsp3) is 0.286. The lowest BCUT2D eigenvalue weighted by Crippen LogP contribution is -2.36. The van der Waals surface area contributed by atoms with Crippen LogP contribution in [0.2, 0.25) is 0 Å². The van der Waals surface area contributed by atoms with Crippen LogP contribution in [-0.4, -0.2) is 36.6 Å². The fourth-order valence-corrected chi connectivity index (χ4v) is 3.93.